The van der Waals surface area contributed by atoms with Gasteiger partial charge in [0.1, 0.15) is 5.78 Å². The van der Waals surface area contributed by atoms with Crippen LogP contribution in [0.1, 0.15) is 39.0 Å². The lowest BCUT2D eigenvalue weighted by molar-refractivity contribution is -0.146. The number of esters is 1. The molecule has 6 nitrogen and oxygen atoms in total. The van der Waals surface area contributed by atoms with Crippen LogP contribution in [0, 0.1) is 23.7 Å². The number of nitrogens with zero attached hydrogens (tertiary/aromatic N) is 1. The summed E-state index contributed by atoms with van der Waals surface area (Å²) in [5.41, 5.74) is 2.36. The molecule has 4 rings (SSSR count). The Bertz CT molecular complexity index is 903. The Labute approximate surface area is 169 Å². The van der Waals surface area contributed by atoms with Gasteiger partial charge in [-0.2, -0.15) is 0 Å². The molecule has 0 unspecified atom stereocenters. The summed E-state index contributed by atoms with van der Waals surface area (Å²) in [6, 6.07) is 8.88. The molecule has 1 aliphatic heterocycles. The molecule has 152 valence electrons. The monoisotopic (exact) mass is 395 g/mol. The molecular weight excluding hydrogens is 370 g/mol. The average molecular weight is 395 g/mol. The maximum Gasteiger partial charge on any atom is 0.308 e. The van der Waals surface area contributed by atoms with Crippen molar-refractivity contribution in [3.05, 3.63) is 41.5 Å². The first-order valence-electron chi connectivity index (χ1n) is 10.2. The molecule has 2 aliphatic carbocycles. The molecule has 1 heterocycles. The molecule has 1 aromatic rings. The summed E-state index contributed by atoms with van der Waals surface area (Å²) in [6.07, 6.45) is 2.36. The maximum absolute atomic E-state index is 13.4. The number of allylic oxidation sites excluding steroid dienone is 2. The summed E-state index contributed by atoms with van der Waals surface area (Å²) < 4.78 is 4.95. The van der Waals surface area contributed by atoms with Gasteiger partial charge in [-0.3, -0.25) is 24.1 Å². The van der Waals surface area contributed by atoms with Crippen molar-refractivity contribution in [1.82, 2.24) is 0 Å². The molecule has 0 N–H and O–H groups in total. The van der Waals surface area contributed by atoms with E-state index in [0.717, 1.165) is 11.1 Å². The molecule has 0 aromatic heterocycles. The van der Waals surface area contributed by atoms with E-state index in [1.54, 1.807) is 24.3 Å². The molecule has 0 spiro atoms. The molecule has 0 bridgehead atoms. The van der Waals surface area contributed by atoms with E-state index in [9.17, 15) is 19.2 Å². The largest absolute Gasteiger partial charge is 0.469 e. The number of fused-ring (bicyclic) bond motifs is 3. The normalized spacial score (nSPS) is 29.9. The smallest absolute Gasteiger partial charge is 0.308 e. The molecule has 1 saturated carbocycles. The lowest BCUT2D eigenvalue weighted by Crippen LogP contribution is -2.40. The number of carbonyl (C=O) groups is 4. The average Bonchev–Trinajstić information content (AvgIpc) is 2.95. The molecule has 4 atom stereocenters. The SMILES string of the molecule is COC(=O)[C@H]1CCCC(=O)[C@@H]2C(=C(C)C[C@@H]3C(=O)N(c4ccccc4)C(=O)[C@H]23)C1. The van der Waals surface area contributed by atoms with Crippen LogP contribution in [0.3, 0.4) is 0 Å². The quantitative estimate of drug-likeness (QED) is 0.437. The third-order valence-corrected chi connectivity index (χ3v) is 6.62. The topological polar surface area (TPSA) is 80.8 Å². The fourth-order valence-electron chi connectivity index (χ4n) is 5.22. The zero-order valence-electron chi connectivity index (χ0n) is 16.7. The first-order valence-corrected chi connectivity index (χ1v) is 10.2. The second-order valence-electron chi connectivity index (χ2n) is 8.25. The van der Waals surface area contributed by atoms with Gasteiger partial charge in [0, 0.05) is 6.42 Å². The van der Waals surface area contributed by atoms with Crippen LogP contribution in [-0.4, -0.2) is 30.7 Å². The number of hydrogen-bond acceptors (Lipinski definition) is 5. The number of methoxy groups -OCH3 is 1. The van der Waals surface area contributed by atoms with Gasteiger partial charge in [-0.05, 0) is 44.7 Å². The van der Waals surface area contributed by atoms with Crippen molar-refractivity contribution < 1.29 is 23.9 Å². The highest BCUT2D eigenvalue weighted by atomic mass is 16.5. The molecule has 0 radical (unpaired) electrons. The number of benzene rings is 1. The molecule has 1 aromatic carbocycles. The van der Waals surface area contributed by atoms with Gasteiger partial charge in [0.2, 0.25) is 11.8 Å². The van der Waals surface area contributed by atoms with E-state index in [4.69, 9.17) is 4.74 Å². The van der Waals surface area contributed by atoms with Gasteiger partial charge in [-0.1, -0.05) is 29.3 Å². The molecule has 2 fully saturated rings. The number of para-hydroxylation sites is 1. The van der Waals surface area contributed by atoms with Gasteiger partial charge < -0.3 is 4.74 Å². The predicted molar refractivity (Wildman–Crippen MR) is 106 cm³/mol. The summed E-state index contributed by atoms with van der Waals surface area (Å²) in [6.45, 7) is 1.92. The van der Waals surface area contributed by atoms with Crippen molar-refractivity contribution in [3.8, 4) is 0 Å². The van der Waals surface area contributed by atoms with Crippen LogP contribution >= 0.6 is 0 Å². The number of hydrogen-bond donors (Lipinski definition) is 0. The highest BCUT2D eigenvalue weighted by molar-refractivity contribution is 6.23. The third-order valence-electron chi connectivity index (χ3n) is 6.62. The van der Waals surface area contributed by atoms with Crippen LogP contribution in [0.15, 0.2) is 41.5 Å². The maximum atomic E-state index is 13.4. The first kappa shape index (κ1) is 19.6. The van der Waals surface area contributed by atoms with E-state index < -0.39 is 17.8 Å². The standard InChI is InChI=1S/C23H25NO5/c1-13-11-17-20(22(27)24(21(17)26)15-8-4-3-5-9-15)19-16(13)12-14(23(28)29-2)7-6-10-18(19)25/h3-5,8-9,14,17,19-20H,6-7,10-12H2,1-2H3/t14-,17-,19-,20-/m0/s1. The highest BCUT2D eigenvalue weighted by Gasteiger charge is 2.56. The number of amides is 2. The second-order valence-corrected chi connectivity index (χ2v) is 8.25. The van der Waals surface area contributed by atoms with Gasteiger partial charge in [0.05, 0.1) is 36.5 Å². The van der Waals surface area contributed by atoms with E-state index in [1.165, 1.54) is 12.0 Å². The Morgan fingerprint density at radius 1 is 1.07 bits per heavy atom. The van der Waals surface area contributed by atoms with Crippen molar-refractivity contribution in [2.75, 3.05) is 12.0 Å². The van der Waals surface area contributed by atoms with Crippen molar-refractivity contribution in [2.24, 2.45) is 23.7 Å². The fraction of sp³-hybridized carbons (Fsp3) is 0.478. The van der Waals surface area contributed by atoms with Gasteiger partial charge >= 0.3 is 5.97 Å². The summed E-state index contributed by atoms with van der Waals surface area (Å²) in [7, 11) is 1.37. The second kappa shape index (κ2) is 7.58. The number of anilines is 1. The lowest BCUT2D eigenvalue weighted by Gasteiger charge is -2.36. The molecule has 3 aliphatic rings. The molecule has 2 amide bonds. The predicted octanol–water partition coefficient (Wildman–Crippen LogP) is 3.06. The molecule has 6 heteroatoms. The number of imide groups is 1. The molecular formula is C23H25NO5. The zero-order chi connectivity index (χ0) is 20.7. The van der Waals surface area contributed by atoms with Crippen LogP contribution in [0.25, 0.3) is 0 Å². The lowest BCUT2D eigenvalue weighted by atomic mass is 9.65. The molecule has 1 saturated heterocycles. The number of ketones is 1. The summed E-state index contributed by atoms with van der Waals surface area (Å²) in [5, 5.41) is 0. The minimum Gasteiger partial charge on any atom is -0.469 e. The summed E-state index contributed by atoms with van der Waals surface area (Å²) in [5.74, 6) is -2.93. The minimum atomic E-state index is -0.676. The Morgan fingerprint density at radius 2 is 1.79 bits per heavy atom. The van der Waals surface area contributed by atoms with Crippen molar-refractivity contribution in [1.29, 1.82) is 0 Å². The number of ether oxygens (including phenoxy) is 1. The number of carbonyl (C=O) groups excluding carboxylic acids is 4. The Kier molecular flexibility index (Phi) is 5.11. The highest BCUT2D eigenvalue weighted by Crippen LogP contribution is 2.49. The van der Waals surface area contributed by atoms with Crippen LogP contribution < -0.4 is 4.90 Å². The Morgan fingerprint density at radius 3 is 2.48 bits per heavy atom. The van der Waals surface area contributed by atoms with Gasteiger partial charge in [-0.15, -0.1) is 0 Å². The van der Waals surface area contributed by atoms with Gasteiger partial charge in [0.25, 0.3) is 0 Å². The van der Waals surface area contributed by atoms with E-state index >= 15 is 0 Å². The van der Waals surface area contributed by atoms with Crippen LogP contribution in [0.5, 0.6) is 0 Å². The van der Waals surface area contributed by atoms with Crippen LogP contribution in [0.2, 0.25) is 0 Å². The minimum absolute atomic E-state index is 0.00780. The first-order chi connectivity index (χ1) is 13.9. The fourth-order valence-corrected chi connectivity index (χ4v) is 5.22. The van der Waals surface area contributed by atoms with Crippen molar-refractivity contribution in [2.45, 2.75) is 39.0 Å². The van der Waals surface area contributed by atoms with Crippen LogP contribution in [-0.2, 0) is 23.9 Å². The van der Waals surface area contributed by atoms with E-state index in [1.807, 2.05) is 13.0 Å². The van der Waals surface area contributed by atoms with Crippen molar-refractivity contribution in [3.63, 3.8) is 0 Å². The Hall–Kier alpha value is -2.76. The van der Waals surface area contributed by atoms with Gasteiger partial charge in [-0.25, -0.2) is 0 Å². The Balaban J connectivity index is 1.74. The van der Waals surface area contributed by atoms with Crippen molar-refractivity contribution >= 4 is 29.3 Å². The van der Waals surface area contributed by atoms with E-state index in [-0.39, 0.29) is 29.5 Å². The number of rotatable bonds is 2. The van der Waals surface area contributed by atoms with Crippen LogP contribution in [0.4, 0.5) is 5.69 Å². The number of Topliss-reactive ketones (excluding diaryl/α,β-unsaturated/α-hetero) is 1. The molecule has 29 heavy (non-hydrogen) atoms. The van der Waals surface area contributed by atoms with Gasteiger partial charge in [0.15, 0.2) is 0 Å². The summed E-state index contributed by atoms with van der Waals surface area (Å²) >= 11 is 0. The zero-order valence-corrected chi connectivity index (χ0v) is 16.7. The third kappa shape index (κ3) is 3.20. The summed E-state index contributed by atoms with van der Waals surface area (Å²) in [4.78, 5) is 53.1. The van der Waals surface area contributed by atoms with E-state index in [2.05, 4.69) is 0 Å². The van der Waals surface area contributed by atoms with E-state index in [0.29, 0.717) is 37.8 Å².